The Labute approximate surface area is 153 Å². The molecule has 1 saturated carbocycles. The Morgan fingerprint density at radius 2 is 1.88 bits per heavy atom. The molecule has 1 aliphatic heterocycles. The Balaban J connectivity index is 1.40. The van der Waals surface area contributed by atoms with Gasteiger partial charge in [0.05, 0.1) is 5.92 Å². The van der Waals surface area contributed by atoms with Crippen LogP contribution < -0.4 is 10.1 Å². The van der Waals surface area contributed by atoms with Gasteiger partial charge in [-0.05, 0) is 44.2 Å². The van der Waals surface area contributed by atoms with Crippen LogP contribution in [0.4, 0.5) is 4.79 Å². The lowest BCUT2D eigenvalue weighted by Gasteiger charge is -2.34. The van der Waals surface area contributed by atoms with E-state index < -0.39 is 5.97 Å². The summed E-state index contributed by atoms with van der Waals surface area (Å²) in [5.74, 6) is -0.339. The van der Waals surface area contributed by atoms with Crippen LogP contribution >= 0.6 is 0 Å². The normalized spacial score (nSPS) is 24.1. The largest absolute Gasteiger partial charge is 0.481 e. The van der Waals surface area contributed by atoms with Crippen LogP contribution in [-0.2, 0) is 4.79 Å². The third kappa shape index (κ3) is 4.86. The van der Waals surface area contributed by atoms with Gasteiger partial charge >= 0.3 is 12.0 Å². The lowest BCUT2D eigenvalue weighted by atomic mass is 9.86. The van der Waals surface area contributed by atoms with E-state index in [-0.39, 0.29) is 24.1 Å². The zero-order valence-electron chi connectivity index (χ0n) is 15.2. The van der Waals surface area contributed by atoms with Crippen molar-refractivity contribution >= 4 is 12.0 Å². The van der Waals surface area contributed by atoms with Crippen molar-refractivity contribution < 1.29 is 19.4 Å². The summed E-state index contributed by atoms with van der Waals surface area (Å²) in [6.07, 6.45) is 6.15. The van der Waals surface area contributed by atoms with Gasteiger partial charge in [-0.15, -0.1) is 0 Å². The van der Waals surface area contributed by atoms with E-state index in [0.29, 0.717) is 31.8 Å². The standard InChI is InChI=1S/C19H27N3O4/c1-13-6-9-20-17(12-13)26-16-7-10-22(11-8-16)19(25)21-15-4-2-14(3-5-15)18(23)24/h6,9,12,14-16H,2-5,7-8,10-11H2,1H3,(H,21,25)(H,23,24). The van der Waals surface area contributed by atoms with Gasteiger partial charge in [-0.25, -0.2) is 9.78 Å². The average Bonchev–Trinajstić information content (AvgIpc) is 2.63. The van der Waals surface area contributed by atoms with Gasteiger partial charge in [0.1, 0.15) is 6.10 Å². The first-order chi connectivity index (χ1) is 12.5. The van der Waals surface area contributed by atoms with E-state index in [4.69, 9.17) is 9.84 Å². The summed E-state index contributed by atoms with van der Waals surface area (Å²) in [6, 6.07) is 3.90. The molecule has 0 aromatic carbocycles. The van der Waals surface area contributed by atoms with Gasteiger partial charge in [-0.2, -0.15) is 0 Å². The zero-order valence-corrected chi connectivity index (χ0v) is 15.2. The number of likely N-dealkylation sites (tertiary alicyclic amines) is 1. The van der Waals surface area contributed by atoms with Crippen LogP contribution in [0.2, 0.25) is 0 Å². The molecule has 0 unspecified atom stereocenters. The molecule has 0 bridgehead atoms. The van der Waals surface area contributed by atoms with Crippen molar-refractivity contribution in [1.29, 1.82) is 0 Å². The van der Waals surface area contributed by atoms with Gasteiger partial charge in [0.25, 0.3) is 0 Å². The molecule has 2 amide bonds. The van der Waals surface area contributed by atoms with Crippen molar-refractivity contribution in [3.63, 3.8) is 0 Å². The number of carboxylic acids is 1. The maximum Gasteiger partial charge on any atom is 0.317 e. The van der Waals surface area contributed by atoms with Gasteiger partial charge in [0.2, 0.25) is 5.88 Å². The number of carbonyl (C=O) groups is 2. The Kier molecular flexibility index (Phi) is 5.96. The number of urea groups is 1. The lowest BCUT2D eigenvalue weighted by Crippen LogP contribution is -2.50. The predicted octanol–water partition coefficient (Wildman–Crippen LogP) is 2.59. The Bertz CT molecular complexity index is 635. The molecule has 2 aliphatic rings. The van der Waals surface area contributed by atoms with Crippen LogP contribution in [0.15, 0.2) is 18.3 Å². The lowest BCUT2D eigenvalue weighted by molar-refractivity contribution is -0.142. The third-order valence-electron chi connectivity index (χ3n) is 5.31. The number of piperidine rings is 1. The van der Waals surface area contributed by atoms with Crippen molar-refractivity contribution in [3.8, 4) is 5.88 Å². The fourth-order valence-electron chi connectivity index (χ4n) is 3.67. The smallest absolute Gasteiger partial charge is 0.317 e. The van der Waals surface area contributed by atoms with E-state index in [1.54, 1.807) is 6.20 Å². The van der Waals surface area contributed by atoms with Crippen LogP contribution in [0.1, 0.15) is 44.1 Å². The molecule has 1 aromatic heterocycles. The fraction of sp³-hybridized carbons (Fsp3) is 0.632. The van der Waals surface area contributed by atoms with Gasteiger partial charge in [0, 0.05) is 44.2 Å². The maximum atomic E-state index is 12.4. The van der Waals surface area contributed by atoms with Crippen LogP contribution in [0.25, 0.3) is 0 Å². The first-order valence-corrected chi connectivity index (χ1v) is 9.39. The molecule has 26 heavy (non-hydrogen) atoms. The summed E-state index contributed by atoms with van der Waals surface area (Å²) in [5.41, 5.74) is 1.12. The summed E-state index contributed by atoms with van der Waals surface area (Å²) in [4.78, 5) is 29.5. The number of hydrogen-bond donors (Lipinski definition) is 2. The van der Waals surface area contributed by atoms with Crippen molar-refractivity contribution in [1.82, 2.24) is 15.2 Å². The SMILES string of the molecule is Cc1ccnc(OC2CCN(C(=O)NC3CCC(C(=O)O)CC3)CC2)c1. The predicted molar refractivity (Wildman–Crippen MR) is 96.1 cm³/mol. The highest BCUT2D eigenvalue weighted by Gasteiger charge is 2.29. The number of nitrogens with zero attached hydrogens (tertiary/aromatic N) is 2. The monoisotopic (exact) mass is 361 g/mol. The molecule has 3 rings (SSSR count). The molecule has 1 saturated heterocycles. The molecular weight excluding hydrogens is 334 g/mol. The average molecular weight is 361 g/mol. The van der Waals surface area contributed by atoms with E-state index in [0.717, 1.165) is 31.2 Å². The number of ether oxygens (including phenoxy) is 1. The van der Waals surface area contributed by atoms with Crippen LogP contribution in [0.5, 0.6) is 5.88 Å². The van der Waals surface area contributed by atoms with Gasteiger partial charge in [-0.3, -0.25) is 4.79 Å². The second-order valence-electron chi connectivity index (χ2n) is 7.31. The topological polar surface area (TPSA) is 91.8 Å². The fourth-order valence-corrected chi connectivity index (χ4v) is 3.67. The van der Waals surface area contributed by atoms with Crippen LogP contribution in [0, 0.1) is 12.8 Å². The van der Waals surface area contributed by atoms with E-state index in [1.165, 1.54) is 0 Å². The Morgan fingerprint density at radius 1 is 1.19 bits per heavy atom. The number of aliphatic carboxylic acids is 1. The van der Waals surface area contributed by atoms with Gasteiger partial charge in [-0.1, -0.05) is 0 Å². The molecule has 7 heteroatoms. The van der Waals surface area contributed by atoms with Crippen molar-refractivity contribution in [2.45, 2.75) is 57.6 Å². The van der Waals surface area contributed by atoms with Crippen molar-refractivity contribution in [3.05, 3.63) is 23.9 Å². The minimum atomic E-state index is -0.722. The Morgan fingerprint density at radius 3 is 2.50 bits per heavy atom. The molecule has 1 aromatic rings. The van der Waals surface area contributed by atoms with Crippen molar-refractivity contribution in [2.75, 3.05) is 13.1 Å². The highest BCUT2D eigenvalue weighted by molar-refractivity contribution is 5.75. The molecule has 142 valence electrons. The molecule has 1 aliphatic carbocycles. The van der Waals surface area contributed by atoms with Gasteiger partial charge in [0.15, 0.2) is 0 Å². The molecule has 0 spiro atoms. The number of carbonyl (C=O) groups excluding carboxylic acids is 1. The molecule has 2 heterocycles. The minimum Gasteiger partial charge on any atom is -0.481 e. The summed E-state index contributed by atoms with van der Waals surface area (Å²) in [5, 5.41) is 12.1. The molecule has 0 atom stereocenters. The highest BCUT2D eigenvalue weighted by Crippen LogP contribution is 2.25. The van der Waals surface area contributed by atoms with Crippen LogP contribution in [-0.4, -0.2) is 52.2 Å². The molecule has 7 nitrogen and oxygen atoms in total. The maximum absolute atomic E-state index is 12.4. The van der Waals surface area contributed by atoms with E-state index in [1.807, 2.05) is 24.0 Å². The summed E-state index contributed by atoms with van der Waals surface area (Å²) >= 11 is 0. The Hall–Kier alpha value is -2.31. The first kappa shape index (κ1) is 18.5. The molecule has 0 radical (unpaired) electrons. The molecule has 2 fully saturated rings. The highest BCUT2D eigenvalue weighted by atomic mass is 16.5. The third-order valence-corrected chi connectivity index (χ3v) is 5.31. The number of aromatic nitrogens is 1. The van der Waals surface area contributed by atoms with E-state index in [2.05, 4.69) is 10.3 Å². The van der Waals surface area contributed by atoms with Gasteiger partial charge < -0.3 is 20.1 Å². The number of carboxylic acid groups (broad SMARTS) is 1. The zero-order chi connectivity index (χ0) is 18.5. The number of aryl methyl sites for hydroxylation is 1. The molecule has 2 N–H and O–H groups in total. The summed E-state index contributed by atoms with van der Waals surface area (Å²) < 4.78 is 5.92. The number of rotatable bonds is 4. The minimum absolute atomic E-state index is 0.0455. The second-order valence-corrected chi connectivity index (χ2v) is 7.31. The van der Waals surface area contributed by atoms with E-state index in [9.17, 15) is 9.59 Å². The number of nitrogens with one attached hydrogen (secondary N) is 1. The quantitative estimate of drug-likeness (QED) is 0.860. The number of hydrogen-bond acceptors (Lipinski definition) is 4. The van der Waals surface area contributed by atoms with E-state index >= 15 is 0 Å². The number of amides is 2. The van der Waals surface area contributed by atoms with Crippen molar-refractivity contribution in [2.24, 2.45) is 5.92 Å². The summed E-state index contributed by atoms with van der Waals surface area (Å²) in [6.45, 7) is 3.32. The van der Waals surface area contributed by atoms with Crippen LogP contribution in [0.3, 0.4) is 0 Å². The first-order valence-electron chi connectivity index (χ1n) is 9.39. The number of pyridine rings is 1. The summed E-state index contributed by atoms with van der Waals surface area (Å²) in [7, 11) is 0. The second kappa shape index (κ2) is 8.38. The molecular formula is C19H27N3O4.